The molecule has 156 valence electrons. The van der Waals surface area contributed by atoms with Crippen LogP contribution in [0.1, 0.15) is 58.9 Å². The molecule has 0 aromatic heterocycles. The minimum atomic E-state index is -3.78. The maximum atomic E-state index is 13.3. The van der Waals surface area contributed by atoms with Gasteiger partial charge in [-0.3, -0.25) is 0 Å². The number of hydrogen-bond acceptors (Lipinski definition) is 4. The van der Waals surface area contributed by atoms with Crippen molar-refractivity contribution in [3.05, 3.63) is 23.8 Å². The van der Waals surface area contributed by atoms with Gasteiger partial charge in [-0.05, 0) is 65.1 Å². The van der Waals surface area contributed by atoms with Gasteiger partial charge in [-0.25, -0.2) is 21.9 Å². The van der Waals surface area contributed by atoms with Crippen molar-refractivity contribution >= 4 is 22.6 Å². The molecule has 1 aliphatic heterocycles. The molecule has 0 unspecified atom stereocenters. The number of sulfonamides is 1. The zero-order chi connectivity index (χ0) is 21.0. The number of aryl methyl sites for hydroxylation is 1. The lowest BCUT2D eigenvalue weighted by Gasteiger charge is -2.32. The van der Waals surface area contributed by atoms with Crippen LogP contribution in [0.2, 0.25) is 0 Å². The predicted octanol–water partition coefficient (Wildman–Crippen LogP) is 3.15. The Morgan fingerprint density at radius 1 is 1.07 bits per heavy atom. The third-order valence-corrected chi connectivity index (χ3v) is 7.62. The topological polar surface area (TPSA) is 64.6 Å². The fourth-order valence-electron chi connectivity index (χ4n) is 3.50. The van der Waals surface area contributed by atoms with Crippen molar-refractivity contribution in [1.29, 1.82) is 0 Å². The molecule has 0 radical (unpaired) electrons. The van der Waals surface area contributed by atoms with Crippen LogP contribution in [0.4, 0.5) is 8.78 Å². The maximum Gasteiger partial charge on any atom is 0.495 e. The van der Waals surface area contributed by atoms with E-state index in [1.165, 1.54) is 6.07 Å². The quantitative estimate of drug-likeness (QED) is 0.768. The first-order valence-electron chi connectivity index (χ1n) is 9.59. The molecule has 2 fully saturated rings. The Morgan fingerprint density at radius 2 is 1.61 bits per heavy atom. The van der Waals surface area contributed by atoms with E-state index in [2.05, 4.69) is 4.72 Å². The Labute approximate surface area is 166 Å². The predicted molar refractivity (Wildman–Crippen MR) is 104 cm³/mol. The normalized spacial score (nSPS) is 24.5. The van der Waals surface area contributed by atoms with Crippen molar-refractivity contribution in [1.82, 2.24) is 4.72 Å². The van der Waals surface area contributed by atoms with E-state index in [4.69, 9.17) is 9.31 Å². The summed E-state index contributed by atoms with van der Waals surface area (Å²) >= 11 is 0. The molecule has 1 aromatic carbocycles. The standard InChI is InChI=1S/C19H28BF2NO4S/c1-13-12-15(28(24,25)23-14-8-10-19(21,22)11-9-14)6-7-16(13)20-26-17(2,3)18(4,5)27-20/h6-7,12,14,23H,8-11H2,1-5H3. The number of rotatable bonds is 4. The van der Waals surface area contributed by atoms with Gasteiger partial charge in [-0.15, -0.1) is 0 Å². The summed E-state index contributed by atoms with van der Waals surface area (Å²) in [7, 11) is -4.36. The summed E-state index contributed by atoms with van der Waals surface area (Å²) in [6.45, 7) is 9.63. The molecule has 0 bridgehead atoms. The highest BCUT2D eigenvalue weighted by atomic mass is 32.2. The summed E-state index contributed by atoms with van der Waals surface area (Å²) in [5.41, 5.74) is 0.533. The lowest BCUT2D eigenvalue weighted by Crippen LogP contribution is -2.41. The van der Waals surface area contributed by atoms with Crippen LogP contribution in [0.3, 0.4) is 0 Å². The molecule has 0 atom stereocenters. The first-order chi connectivity index (χ1) is 12.7. The van der Waals surface area contributed by atoms with Crippen molar-refractivity contribution in [3.63, 3.8) is 0 Å². The number of halogens is 2. The van der Waals surface area contributed by atoms with E-state index < -0.39 is 40.3 Å². The van der Waals surface area contributed by atoms with Crippen LogP contribution in [-0.4, -0.2) is 38.7 Å². The van der Waals surface area contributed by atoms with Crippen molar-refractivity contribution in [2.75, 3.05) is 0 Å². The van der Waals surface area contributed by atoms with Gasteiger partial charge >= 0.3 is 7.12 Å². The van der Waals surface area contributed by atoms with Gasteiger partial charge in [0.25, 0.3) is 0 Å². The first-order valence-corrected chi connectivity index (χ1v) is 11.1. The average molecular weight is 415 g/mol. The molecule has 0 spiro atoms. The van der Waals surface area contributed by atoms with Crippen molar-refractivity contribution in [2.45, 2.75) is 88.4 Å². The number of benzene rings is 1. The van der Waals surface area contributed by atoms with E-state index in [1.54, 1.807) is 19.1 Å². The van der Waals surface area contributed by atoms with E-state index in [0.717, 1.165) is 11.0 Å². The average Bonchev–Trinajstić information content (AvgIpc) is 2.77. The van der Waals surface area contributed by atoms with E-state index >= 15 is 0 Å². The zero-order valence-corrected chi connectivity index (χ0v) is 17.8. The molecule has 1 N–H and O–H groups in total. The molecule has 5 nitrogen and oxygen atoms in total. The summed E-state index contributed by atoms with van der Waals surface area (Å²) in [6, 6.07) is 4.31. The van der Waals surface area contributed by atoms with Crippen LogP contribution >= 0.6 is 0 Å². The summed E-state index contributed by atoms with van der Waals surface area (Å²) < 4.78 is 66.6. The van der Waals surface area contributed by atoms with Crippen LogP contribution < -0.4 is 10.2 Å². The van der Waals surface area contributed by atoms with Crippen molar-refractivity contribution < 1.29 is 26.5 Å². The van der Waals surface area contributed by atoms with Crippen LogP contribution in [0.25, 0.3) is 0 Å². The molecule has 3 rings (SSSR count). The molecule has 1 aliphatic carbocycles. The lowest BCUT2D eigenvalue weighted by atomic mass is 9.76. The molecule has 1 saturated heterocycles. The minimum absolute atomic E-state index is 0.114. The van der Waals surface area contributed by atoms with E-state index in [0.29, 0.717) is 0 Å². The van der Waals surface area contributed by atoms with Crippen molar-refractivity contribution in [2.24, 2.45) is 0 Å². The highest BCUT2D eigenvalue weighted by Crippen LogP contribution is 2.37. The smallest absolute Gasteiger partial charge is 0.399 e. The van der Waals surface area contributed by atoms with E-state index in [1.807, 2.05) is 27.7 Å². The Hall–Kier alpha value is -1.03. The Balaban J connectivity index is 1.75. The van der Waals surface area contributed by atoms with Gasteiger partial charge < -0.3 is 9.31 Å². The lowest BCUT2D eigenvalue weighted by molar-refractivity contribution is -0.0387. The summed E-state index contributed by atoms with van der Waals surface area (Å²) in [6.07, 6.45) is -0.311. The third kappa shape index (κ3) is 4.27. The van der Waals surface area contributed by atoms with Gasteiger partial charge in [-0.2, -0.15) is 0 Å². The molecule has 1 aromatic rings. The van der Waals surface area contributed by atoms with Crippen LogP contribution in [-0.2, 0) is 19.3 Å². The molecule has 0 amide bonds. The summed E-state index contributed by atoms with van der Waals surface area (Å²) in [5, 5.41) is 0. The monoisotopic (exact) mass is 415 g/mol. The maximum absolute atomic E-state index is 13.3. The molecule has 9 heteroatoms. The fraction of sp³-hybridized carbons (Fsp3) is 0.684. The molecule has 1 saturated carbocycles. The fourth-order valence-corrected chi connectivity index (χ4v) is 4.89. The summed E-state index contributed by atoms with van der Waals surface area (Å²) in [4.78, 5) is 0.114. The van der Waals surface area contributed by atoms with Gasteiger partial charge in [0, 0.05) is 18.9 Å². The van der Waals surface area contributed by atoms with Gasteiger partial charge in [-0.1, -0.05) is 11.6 Å². The Morgan fingerprint density at radius 3 is 2.11 bits per heavy atom. The van der Waals surface area contributed by atoms with E-state index in [9.17, 15) is 17.2 Å². The highest BCUT2D eigenvalue weighted by molar-refractivity contribution is 7.89. The molecular weight excluding hydrogens is 387 g/mol. The third-order valence-electron chi connectivity index (χ3n) is 6.10. The molecule has 1 heterocycles. The Bertz CT molecular complexity index is 831. The van der Waals surface area contributed by atoms with Crippen LogP contribution in [0.5, 0.6) is 0 Å². The van der Waals surface area contributed by atoms with Gasteiger partial charge in [0.2, 0.25) is 15.9 Å². The second-order valence-electron chi connectivity index (χ2n) is 8.86. The second-order valence-corrected chi connectivity index (χ2v) is 10.6. The Kier molecular flexibility index (Phi) is 5.45. The van der Waals surface area contributed by atoms with Crippen LogP contribution in [0, 0.1) is 6.92 Å². The zero-order valence-electron chi connectivity index (χ0n) is 17.0. The largest absolute Gasteiger partial charge is 0.495 e. The van der Waals surface area contributed by atoms with E-state index in [-0.39, 0.29) is 30.6 Å². The van der Waals surface area contributed by atoms with Gasteiger partial charge in [0.05, 0.1) is 16.1 Å². The molecule has 2 aliphatic rings. The van der Waals surface area contributed by atoms with Gasteiger partial charge in [0.1, 0.15) is 0 Å². The summed E-state index contributed by atoms with van der Waals surface area (Å²) in [5.74, 6) is -2.69. The number of hydrogen-bond donors (Lipinski definition) is 1. The van der Waals surface area contributed by atoms with Crippen LogP contribution in [0.15, 0.2) is 23.1 Å². The minimum Gasteiger partial charge on any atom is -0.399 e. The second kappa shape index (κ2) is 7.04. The number of alkyl halides is 2. The highest BCUT2D eigenvalue weighted by Gasteiger charge is 2.52. The number of nitrogens with one attached hydrogen (secondary N) is 1. The molecule has 28 heavy (non-hydrogen) atoms. The van der Waals surface area contributed by atoms with Gasteiger partial charge in [0.15, 0.2) is 0 Å². The SMILES string of the molecule is Cc1cc(S(=O)(=O)NC2CCC(F)(F)CC2)ccc1B1OC(C)(C)C(C)(C)O1. The molecular formula is C19H28BF2NO4S. The first kappa shape index (κ1) is 21.7. The van der Waals surface area contributed by atoms with Crippen molar-refractivity contribution in [3.8, 4) is 0 Å².